The van der Waals surface area contributed by atoms with E-state index >= 15 is 0 Å². The van der Waals surface area contributed by atoms with E-state index in [0.29, 0.717) is 0 Å². The molecule has 4 heterocycles. The average Bonchev–Trinajstić information content (AvgIpc) is 4.18. The Morgan fingerprint density at radius 2 is 0.507 bits per heavy atom. The van der Waals surface area contributed by atoms with E-state index in [1.165, 1.54) is 65.4 Å². The molecule has 0 saturated heterocycles. The number of para-hydroxylation sites is 6. The van der Waals surface area contributed by atoms with Crippen LogP contribution in [0.3, 0.4) is 0 Å². The van der Waals surface area contributed by atoms with Crippen LogP contribution in [0.5, 0.6) is 0 Å². The standard InChI is InChI=1S/C71H46N4/c1-2-18-47(19-3-1)54-44-64(48-36-38-55(39-37-48)73-66-30-10-4-24-58(66)59-25-5-11-31-67(59)73)72-65(45-54)52-23-17-21-50(41-52)49-20-16-22-51(40-49)53-42-56(74-68-32-12-6-26-60(68)61-27-7-13-33-69(61)74)46-57(43-53)75-70-34-14-8-28-62(70)63-29-9-15-35-71(63)75/h1-46H. The lowest BCUT2D eigenvalue weighted by Crippen LogP contribution is -2.00. The van der Waals surface area contributed by atoms with E-state index in [0.717, 1.165) is 73.0 Å². The Morgan fingerprint density at radius 3 is 0.947 bits per heavy atom. The smallest absolute Gasteiger partial charge is 0.0715 e. The fourth-order valence-corrected chi connectivity index (χ4v) is 11.8. The Balaban J connectivity index is 0.851. The lowest BCUT2D eigenvalue weighted by molar-refractivity contribution is 1.13. The van der Waals surface area contributed by atoms with Crippen LogP contribution in [0.1, 0.15) is 0 Å². The maximum absolute atomic E-state index is 5.43. The third-order valence-electron chi connectivity index (χ3n) is 15.2. The highest BCUT2D eigenvalue weighted by atomic mass is 15.0. The molecule has 0 fully saturated rings. The molecule has 4 nitrogen and oxygen atoms in total. The molecular weight excluding hydrogens is 909 g/mol. The second-order valence-corrected chi connectivity index (χ2v) is 19.5. The topological polar surface area (TPSA) is 27.7 Å². The summed E-state index contributed by atoms with van der Waals surface area (Å²) in [7, 11) is 0. The van der Waals surface area contributed by atoms with Crippen molar-refractivity contribution in [1.29, 1.82) is 0 Å². The van der Waals surface area contributed by atoms with Crippen molar-refractivity contribution in [2.45, 2.75) is 0 Å². The van der Waals surface area contributed by atoms with Gasteiger partial charge in [-0.25, -0.2) is 4.98 Å². The number of fused-ring (bicyclic) bond motifs is 9. The zero-order valence-corrected chi connectivity index (χ0v) is 40.8. The van der Waals surface area contributed by atoms with Crippen molar-refractivity contribution in [2.75, 3.05) is 0 Å². The van der Waals surface area contributed by atoms with Crippen molar-refractivity contribution in [3.05, 3.63) is 279 Å². The van der Waals surface area contributed by atoms with Gasteiger partial charge in [-0.05, 0) is 124 Å². The van der Waals surface area contributed by atoms with E-state index in [1.54, 1.807) is 0 Å². The average molecular weight is 955 g/mol. The molecule has 0 aliphatic rings. The van der Waals surface area contributed by atoms with Crippen molar-refractivity contribution < 1.29 is 0 Å². The van der Waals surface area contributed by atoms with Gasteiger partial charge in [0.25, 0.3) is 0 Å². The first-order valence-electron chi connectivity index (χ1n) is 25.7. The van der Waals surface area contributed by atoms with Gasteiger partial charge >= 0.3 is 0 Å². The molecule has 11 aromatic carbocycles. The van der Waals surface area contributed by atoms with Crippen LogP contribution in [0.4, 0.5) is 0 Å². The fraction of sp³-hybridized carbons (Fsp3) is 0. The van der Waals surface area contributed by atoms with Gasteiger partial charge in [0.15, 0.2) is 0 Å². The van der Waals surface area contributed by atoms with Gasteiger partial charge < -0.3 is 13.7 Å². The molecule has 15 aromatic rings. The van der Waals surface area contributed by atoms with Gasteiger partial charge in [0.2, 0.25) is 0 Å². The summed E-state index contributed by atoms with van der Waals surface area (Å²) < 4.78 is 7.23. The maximum atomic E-state index is 5.43. The number of rotatable bonds is 8. The molecule has 0 bridgehead atoms. The van der Waals surface area contributed by atoms with Crippen LogP contribution in [0.15, 0.2) is 279 Å². The van der Waals surface area contributed by atoms with E-state index in [1.807, 2.05) is 0 Å². The Labute approximate surface area is 433 Å². The summed E-state index contributed by atoms with van der Waals surface area (Å²) in [5, 5.41) is 7.46. The monoisotopic (exact) mass is 954 g/mol. The Kier molecular flexibility index (Phi) is 9.85. The summed E-state index contributed by atoms with van der Waals surface area (Å²) >= 11 is 0. The molecular formula is C71H46N4. The highest BCUT2D eigenvalue weighted by molar-refractivity contribution is 6.11. The second-order valence-electron chi connectivity index (χ2n) is 19.5. The SMILES string of the molecule is c1ccc(-c2cc(-c3ccc(-n4c5ccccc5c5ccccc54)cc3)nc(-c3cccc(-c4cccc(-c5cc(-n6c7ccccc7c7ccccc76)cc(-n6c7ccccc7c7ccccc76)c5)c4)c3)c2)cc1. The summed E-state index contributed by atoms with van der Waals surface area (Å²) in [6.07, 6.45) is 0. The zero-order valence-electron chi connectivity index (χ0n) is 40.8. The molecule has 0 radical (unpaired) electrons. The Hall–Kier alpha value is -10.0. The van der Waals surface area contributed by atoms with E-state index in [4.69, 9.17) is 4.98 Å². The molecule has 0 spiro atoms. The molecule has 4 aromatic heterocycles. The number of aromatic nitrogens is 4. The number of hydrogen-bond donors (Lipinski definition) is 0. The van der Waals surface area contributed by atoms with Crippen LogP contribution in [0.25, 0.3) is 138 Å². The predicted octanol–water partition coefficient (Wildman–Crippen LogP) is 18.7. The minimum absolute atomic E-state index is 0.922. The minimum Gasteiger partial charge on any atom is -0.309 e. The predicted molar refractivity (Wildman–Crippen MR) is 314 cm³/mol. The van der Waals surface area contributed by atoms with Crippen molar-refractivity contribution in [3.8, 4) is 73.0 Å². The molecule has 0 amide bonds. The largest absolute Gasteiger partial charge is 0.309 e. The molecule has 0 N–H and O–H groups in total. The summed E-state index contributed by atoms with van der Waals surface area (Å²) in [5.74, 6) is 0. The van der Waals surface area contributed by atoms with Gasteiger partial charge in [0, 0.05) is 60.5 Å². The van der Waals surface area contributed by atoms with Crippen molar-refractivity contribution in [3.63, 3.8) is 0 Å². The van der Waals surface area contributed by atoms with Crippen LogP contribution in [0, 0.1) is 0 Å². The van der Waals surface area contributed by atoms with E-state index < -0.39 is 0 Å². The van der Waals surface area contributed by atoms with Gasteiger partial charge in [-0.1, -0.05) is 188 Å². The molecule has 0 aliphatic heterocycles. The molecule has 350 valence electrons. The third-order valence-corrected chi connectivity index (χ3v) is 15.2. The first-order valence-corrected chi connectivity index (χ1v) is 25.7. The van der Waals surface area contributed by atoms with Gasteiger partial charge in [-0.15, -0.1) is 0 Å². The van der Waals surface area contributed by atoms with Crippen LogP contribution >= 0.6 is 0 Å². The zero-order chi connectivity index (χ0) is 49.4. The Morgan fingerprint density at radius 1 is 0.187 bits per heavy atom. The van der Waals surface area contributed by atoms with Gasteiger partial charge in [0.1, 0.15) is 0 Å². The van der Waals surface area contributed by atoms with Crippen molar-refractivity contribution in [2.24, 2.45) is 0 Å². The molecule has 0 saturated carbocycles. The number of benzene rings is 11. The van der Waals surface area contributed by atoms with Gasteiger partial charge in [-0.2, -0.15) is 0 Å². The van der Waals surface area contributed by atoms with Crippen molar-refractivity contribution >= 4 is 65.4 Å². The van der Waals surface area contributed by atoms with Crippen LogP contribution < -0.4 is 0 Å². The quantitative estimate of drug-likeness (QED) is 0.149. The highest BCUT2D eigenvalue weighted by Gasteiger charge is 2.19. The lowest BCUT2D eigenvalue weighted by atomic mass is 9.95. The second kappa shape index (κ2) is 17.3. The number of hydrogen-bond acceptors (Lipinski definition) is 1. The third kappa shape index (κ3) is 7.10. The normalized spacial score (nSPS) is 11.7. The van der Waals surface area contributed by atoms with E-state index in [9.17, 15) is 0 Å². The van der Waals surface area contributed by atoms with Gasteiger partial charge in [0.05, 0.1) is 44.5 Å². The molecule has 0 atom stereocenters. The summed E-state index contributed by atoms with van der Waals surface area (Å²) in [4.78, 5) is 5.43. The molecule has 0 unspecified atom stereocenters. The fourth-order valence-electron chi connectivity index (χ4n) is 11.8. The summed E-state index contributed by atoms with van der Waals surface area (Å²) in [6.45, 7) is 0. The highest BCUT2D eigenvalue weighted by Crippen LogP contribution is 2.40. The summed E-state index contributed by atoms with van der Waals surface area (Å²) in [6, 6.07) is 101. The number of pyridine rings is 1. The lowest BCUT2D eigenvalue weighted by Gasteiger charge is -2.16. The van der Waals surface area contributed by atoms with E-state index in [-0.39, 0.29) is 0 Å². The summed E-state index contributed by atoms with van der Waals surface area (Å²) in [5.41, 5.74) is 21.2. The molecule has 75 heavy (non-hydrogen) atoms. The molecule has 15 rings (SSSR count). The first kappa shape index (κ1) is 42.6. The van der Waals surface area contributed by atoms with Gasteiger partial charge in [-0.3, -0.25) is 0 Å². The minimum atomic E-state index is 0.922. The molecule has 0 aliphatic carbocycles. The molecule has 4 heteroatoms. The maximum Gasteiger partial charge on any atom is 0.0715 e. The Bertz CT molecular complexity index is 4410. The van der Waals surface area contributed by atoms with E-state index in [2.05, 4.69) is 293 Å². The van der Waals surface area contributed by atoms with Crippen LogP contribution in [-0.2, 0) is 0 Å². The van der Waals surface area contributed by atoms with Crippen LogP contribution in [0.2, 0.25) is 0 Å². The first-order chi connectivity index (χ1) is 37.2. The van der Waals surface area contributed by atoms with Crippen molar-refractivity contribution in [1.82, 2.24) is 18.7 Å². The van der Waals surface area contributed by atoms with Crippen LogP contribution in [-0.4, -0.2) is 18.7 Å². The number of nitrogens with zero attached hydrogens (tertiary/aromatic N) is 4.